The van der Waals surface area contributed by atoms with E-state index >= 15 is 0 Å². The number of guanidine groups is 1. The number of H-pyrrole nitrogens is 1. The molecule has 0 atom stereocenters. The zero-order chi connectivity index (χ0) is 20.5. The molecule has 3 aromatic rings. The minimum atomic E-state index is -4.63. The van der Waals surface area contributed by atoms with E-state index in [-0.39, 0.29) is 40.8 Å². The summed E-state index contributed by atoms with van der Waals surface area (Å²) in [6.45, 7) is 0.138. The number of ether oxygens (including phenoxy) is 1. The number of nitrogens with two attached hydrogens (primary N) is 2. The van der Waals surface area contributed by atoms with Gasteiger partial charge in [0.15, 0.2) is 11.7 Å². The fourth-order valence-corrected chi connectivity index (χ4v) is 2.52. The molecule has 6 N–H and O–H groups in total. The van der Waals surface area contributed by atoms with E-state index in [4.69, 9.17) is 20.6 Å². The van der Waals surface area contributed by atoms with Crippen molar-refractivity contribution >= 4 is 22.8 Å². The SMILES string of the molecule is CN=C(N)NC(=O)c1cc2c(C(F)(F)F)ccc(Oc3ccc(CN)o3)c2[nH]1. The number of halogens is 3. The normalized spacial score (nSPS) is 12.4. The molecule has 3 rings (SSSR count). The Labute approximate surface area is 156 Å². The molecule has 2 heterocycles. The molecule has 0 aliphatic carbocycles. The van der Waals surface area contributed by atoms with Gasteiger partial charge in [-0.2, -0.15) is 13.2 Å². The molecule has 0 spiro atoms. The molecule has 0 saturated heterocycles. The molecular formula is C17H16F3N5O3. The van der Waals surface area contributed by atoms with Crippen LogP contribution in [0.5, 0.6) is 11.7 Å². The Bertz CT molecular complexity index is 1050. The third kappa shape index (κ3) is 3.78. The average Bonchev–Trinajstić information content (AvgIpc) is 3.27. The number of nitrogens with one attached hydrogen (secondary N) is 2. The maximum atomic E-state index is 13.4. The maximum absolute atomic E-state index is 13.4. The van der Waals surface area contributed by atoms with Gasteiger partial charge in [0.2, 0.25) is 0 Å². The number of hydrogen-bond acceptors (Lipinski definition) is 5. The van der Waals surface area contributed by atoms with Crippen molar-refractivity contribution in [3.05, 3.63) is 47.3 Å². The number of fused-ring (bicyclic) bond motifs is 1. The van der Waals surface area contributed by atoms with Crippen LogP contribution >= 0.6 is 0 Å². The number of furan rings is 1. The number of carbonyl (C=O) groups excluding carboxylic acids is 1. The second kappa shape index (κ2) is 7.27. The lowest BCUT2D eigenvalue weighted by Crippen LogP contribution is -2.36. The van der Waals surface area contributed by atoms with E-state index < -0.39 is 17.6 Å². The van der Waals surface area contributed by atoms with E-state index in [0.717, 1.165) is 18.2 Å². The van der Waals surface area contributed by atoms with Crippen LogP contribution in [-0.4, -0.2) is 23.9 Å². The lowest BCUT2D eigenvalue weighted by Gasteiger charge is -2.10. The Hall–Kier alpha value is -3.47. The van der Waals surface area contributed by atoms with Crippen molar-refractivity contribution in [2.75, 3.05) is 7.05 Å². The van der Waals surface area contributed by atoms with Crippen molar-refractivity contribution in [1.82, 2.24) is 10.3 Å². The van der Waals surface area contributed by atoms with E-state index in [0.29, 0.717) is 5.76 Å². The van der Waals surface area contributed by atoms with Crippen LogP contribution in [0.1, 0.15) is 21.8 Å². The second-order valence-electron chi connectivity index (χ2n) is 5.67. The van der Waals surface area contributed by atoms with Crippen molar-refractivity contribution < 1.29 is 27.1 Å². The highest BCUT2D eigenvalue weighted by molar-refractivity contribution is 6.07. The van der Waals surface area contributed by atoms with Crippen LogP contribution in [0, 0.1) is 0 Å². The molecule has 28 heavy (non-hydrogen) atoms. The molecule has 8 nitrogen and oxygen atoms in total. The minimum absolute atomic E-state index is 0.0299. The Kier molecular flexibility index (Phi) is 5.01. The van der Waals surface area contributed by atoms with Gasteiger partial charge < -0.3 is 25.6 Å². The summed E-state index contributed by atoms with van der Waals surface area (Å²) in [7, 11) is 1.35. The number of alkyl halides is 3. The summed E-state index contributed by atoms with van der Waals surface area (Å²) < 4.78 is 51.0. The number of rotatable bonds is 4. The number of amides is 1. The predicted octanol–water partition coefficient (Wildman–Crippen LogP) is 2.71. The van der Waals surface area contributed by atoms with Gasteiger partial charge in [-0.25, -0.2) is 0 Å². The first-order valence-corrected chi connectivity index (χ1v) is 7.96. The smallest absolute Gasteiger partial charge is 0.417 e. The van der Waals surface area contributed by atoms with Gasteiger partial charge in [0.05, 0.1) is 17.6 Å². The third-order valence-corrected chi connectivity index (χ3v) is 3.84. The topological polar surface area (TPSA) is 132 Å². The summed E-state index contributed by atoms with van der Waals surface area (Å²) in [5, 5.41) is 2.01. The fraction of sp³-hybridized carbons (Fsp3) is 0.176. The maximum Gasteiger partial charge on any atom is 0.417 e. The van der Waals surface area contributed by atoms with Crippen LogP contribution in [-0.2, 0) is 12.7 Å². The standard InChI is InChI=1S/C17H16F3N5O3/c1-23-16(22)25-15(26)11-6-9-10(17(18,19)20)3-4-12(14(9)24-11)28-13-5-2-8(7-21)27-13/h2-6,24H,7,21H2,1H3,(H3,22,23,25,26). The molecule has 1 amide bonds. The first-order valence-electron chi connectivity index (χ1n) is 7.96. The molecule has 2 aromatic heterocycles. The van der Waals surface area contributed by atoms with Crippen LogP contribution in [0.3, 0.4) is 0 Å². The molecule has 0 saturated carbocycles. The van der Waals surface area contributed by atoms with Crippen LogP contribution in [0.25, 0.3) is 10.9 Å². The van der Waals surface area contributed by atoms with Crippen molar-refractivity contribution in [2.45, 2.75) is 12.7 Å². The van der Waals surface area contributed by atoms with Gasteiger partial charge in [0.25, 0.3) is 11.9 Å². The number of nitrogens with zero attached hydrogens (tertiary/aromatic N) is 1. The zero-order valence-corrected chi connectivity index (χ0v) is 14.6. The van der Waals surface area contributed by atoms with Crippen molar-refractivity contribution in [1.29, 1.82) is 0 Å². The molecule has 11 heteroatoms. The van der Waals surface area contributed by atoms with Gasteiger partial charge in [-0.1, -0.05) is 0 Å². The summed E-state index contributed by atoms with van der Waals surface area (Å²) >= 11 is 0. The van der Waals surface area contributed by atoms with Gasteiger partial charge in [-0.15, -0.1) is 0 Å². The van der Waals surface area contributed by atoms with Crippen LogP contribution in [0.15, 0.2) is 39.7 Å². The van der Waals surface area contributed by atoms with Crippen molar-refractivity contribution in [2.24, 2.45) is 16.5 Å². The molecule has 0 radical (unpaired) electrons. The first kappa shape index (κ1) is 19.3. The van der Waals surface area contributed by atoms with E-state index in [1.165, 1.54) is 13.1 Å². The predicted molar refractivity (Wildman–Crippen MR) is 95.0 cm³/mol. The fourth-order valence-electron chi connectivity index (χ4n) is 2.52. The highest BCUT2D eigenvalue weighted by atomic mass is 19.4. The molecule has 0 fully saturated rings. The quantitative estimate of drug-likeness (QED) is 0.398. The van der Waals surface area contributed by atoms with Gasteiger partial charge in [-0.3, -0.25) is 15.1 Å². The second-order valence-corrected chi connectivity index (χ2v) is 5.67. The number of aromatic amines is 1. The minimum Gasteiger partial charge on any atom is -0.429 e. The number of aliphatic imine (C=N–C) groups is 1. The number of carbonyl (C=O) groups is 1. The average molecular weight is 395 g/mol. The monoisotopic (exact) mass is 395 g/mol. The van der Waals surface area contributed by atoms with E-state index in [2.05, 4.69) is 15.3 Å². The molecule has 0 aliphatic heterocycles. The van der Waals surface area contributed by atoms with Crippen LogP contribution in [0.4, 0.5) is 13.2 Å². The van der Waals surface area contributed by atoms with E-state index in [1.54, 1.807) is 6.07 Å². The summed E-state index contributed by atoms with van der Waals surface area (Å²) in [6.07, 6.45) is -4.63. The number of benzene rings is 1. The molecule has 0 unspecified atom stereocenters. The molecule has 0 bridgehead atoms. The van der Waals surface area contributed by atoms with Crippen LogP contribution < -0.4 is 21.5 Å². The third-order valence-electron chi connectivity index (χ3n) is 3.84. The molecule has 1 aromatic carbocycles. The van der Waals surface area contributed by atoms with E-state index in [1.807, 2.05) is 0 Å². The molecule has 148 valence electrons. The lowest BCUT2D eigenvalue weighted by molar-refractivity contribution is -0.136. The van der Waals surface area contributed by atoms with Gasteiger partial charge in [0, 0.05) is 18.5 Å². The Morgan fingerprint density at radius 3 is 2.68 bits per heavy atom. The highest BCUT2D eigenvalue weighted by Crippen LogP contribution is 2.40. The molecular weight excluding hydrogens is 379 g/mol. The summed E-state index contributed by atoms with van der Waals surface area (Å²) in [4.78, 5) is 18.4. The van der Waals surface area contributed by atoms with Gasteiger partial charge in [-0.05, 0) is 24.3 Å². The van der Waals surface area contributed by atoms with Gasteiger partial charge >= 0.3 is 6.18 Å². The highest BCUT2D eigenvalue weighted by Gasteiger charge is 2.34. The van der Waals surface area contributed by atoms with Crippen molar-refractivity contribution in [3.63, 3.8) is 0 Å². The number of hydrogen-bond donors (Lipinski definition) is 4. The van der Waals surface area contributed by atoms with Crippen molar-refractivity contribution in [3.8, 4) is 11.7 Å². The number of aromatic nitrogens is 1. The summed E-state index contributed by atoms with van der Waals surface area (Å²) in [6, 6.07) is 6.13. The summed E-state index contributed by atoms with van der Waals surface area (Å²) in [5.41, 5.74) is 9.78. The molecule has 0 aliphatic rings. The van der Waals surface area contributed by atoms with E-state index in [9.17, 15) is 18.0 Å². The lowest BCUT2D eigenvalue weighted by atomic mass is 10.1. The van der Waals surface area contributed by atoms with Gasteiger partial charge in [0.1, 0.15) is 11.5 Å². The summed E-state index contributed by atoms with van der Waals surface area (Å²) in [5.74, 6) is -0.400. The Morgan fingerprint density at radius 2 is 2.07 bits per heavy atom. The Balaban J connectivity index is 2.08. The Morgan fingerprint density at radius 1 is 1.32 bits per heavy atom. The zero-order valence-electron chi connectivity index (χ0n) is 14.6. The van der Waals surface area contributed by atoms with Crippen LogP contribution in [0.2, 0.25) is 0 Å². The largest absolute Gasteiger partial charge is 0.429 e. The first-order chi connectivity index (χ1) is 13.2.